The van der Waals surface area contributed by atoms with Crippen LogP contribution in [-0.2, 0) is 23.8 Å². The largest absolute Gasteiger partial charge is 0.466 e. The molecule has 2 atom stereocenters. The summed E-state index contributed by atoms with van der Waals surface area (Å²) in [5.74, 6) is -1.65. The van der Waals surface area contributed by atoms with Crippen molar-refractivity contribution < 1.29 is 38.2 Å². The molecule has 1 spiro atoms. The van der Waals surface area contributed by atoms with Crippen LogP contribution in [0.2, 0.25) is 0 Å². The van der Waals surface area contributed by atoms with Crippen molar-refractivity contribution in [3.05, 3.63) is 11.3 Å². The van der Waals surface area contributed by atoms with Gasteiger partial charge in [0.1, 0.15) is 11.2 Å². The molecular formula is C24H40N6O8. The molecule has 2 rings (SSSR count). The molecule has 0 aliphatic carbocycles. The highest BCUT2D eigenvalue weighted by Gasteiger charge is 2.75. The molecule has 1 fully saturated rings. The van der Waals surface area contributed by atoms with Gasteiger partial charge in [-0.25, -0.2) is 30.0 Å². The third-order valence-electron chi connectivity index (χ3n) is 6.06. The van der Waals surface area contributed by atoms with E-state index in [-0.39, 0.29) is 24.4 Å². The van der Waals surface area contributed by atoms with Gasteiger partial charge < -0.3 is 19.1 Å². The number of methoxy groups -OCH3 is 1. The van der Waals surface area contributed by atoms with Gasteiger partial charge in [-0.3, -0.25) is 20.1 Å². The first-order valence-electron chi connectivity index (χ1n) is 12.3. The Morgan fingerprint density at radius 2 is 1.45 bits per heavy atom. The first kappa shape index (κ1) is 30.7. The number of hydrogen-bond acceptors (Lipinski definition) is 10. The van der Waals surface area contributed by atoms with Crippen LogP contribution in [0.4, 0.5) is 14.4 Å². The number of urea groups is 1. The fourth-order valence-electron chi connectivity index (χ4n) is 4.77. The van der Waals surface area contributed by atoms with Gasteiger partial charge in [0.05, 0.1) is 12.7 Å². The zero-order valence-electron chi connectivity index (χ0n) is 24.0. The van der Waals surface area contributed by atoms with E-state index in [2.05, 4.69) is 16.3 Å². The van der Waals surface area contributed by atoms with Gasteiger partial charge in [-0.05, 0) is 69.2 Å². The number of rotatable bonds is 6. The molecule has 38 heavy (non-hydrogen) atoms. The normalized spacial score (nSPS) is 23.8. The van der Waals surface area contributed by atoms with Crippen molar-refractivity contribution in [1.29, 1.82) is 0 Å². The number of ether oxygens (including phenoxy) is 3. The molecule has 0 bridgehead atoms. The minimum atomic E-state index is -2.07. The molecule has 1 saturated heterocycles. The lowest BCUT2D eigenvalue weighted by Crippen LogP contribution is -2.78. The standard InChI is InChI=1S/C24H40N6O8/c1-12-28-17(32)24(29(13-2)20(28)35)15(16(31)36-11)14(3)30(26-19(34)38-22(7,8)9)23(24,10)27-25-18(33)37-21(4,5)6/h27H,12-13H2,1-11H3,(H,25,33)(H,26,34). The smallest absolute Gasteiger partial charge is 0.426 e. The maximum atomic E-state index is 14.1. The van der Waals surface area contributed by atoms with E-state index in [0.29, 0.717) is 0 Å². The highest BCUT2D eigenvalue weighted by molar-refractivity contribution is 6.16. The molecular weight excluding hydrogens is 500 g/mol. The van der Waals surface area contributed by atoms with Crippen molar-refractivity contribution >= 4 is 30.1 Å². The Morgan fingerprint density at radius 3 is 1.89 bits per heavy atom. The summed E-state index contributed by atoms with van der Waals surface area (Å²) in [4.78, 5) is 68.6. The van der Waals surface area contributed by atoms with Gasteiger partial charge in [-0.1, -0.05) is 0 Å². The Bertz CT molecular complexity index is 1050. The van der Waals surface area contributed by atoms with Crippen LogP contribution >= 0.6 is 0 Å². The van der Waals surface area contributed by atoms with Crippen molar-refractivity contribution in [3.63, 3.8) is 0 Å². The molecule has 14 nitrogen and oxygen atoms in total. The van der Waals surface area contributed by atoms with E-state index < -0.39 is 52.5 Å². The Balaban J connectivity index is 2.80. The topological polar surface area (TPSA) is 159 Å². The van der Waals surface area contributed by atoms with E-state index in [1.807, 2.05) is 0 Å². The van der Waals surface area contributed by atoms with E-state index in [4.69, 9.17) is 14.2 Å². The Kier molecular flexibility index (Phi) is 8.32. The van der Waals surface area contributed by atoms with Crippen LogP contribution in [0.15, 0.2) is 11.3 Å². The average molecular weight is 541 g/mol. The van der Waals surface area contributed by atoms with E-state index >= 15 is 0 Å². The van der Waals surface area contributed by atoms with Crippen LogP contribution in [0, 0.1) is 0 Å². The number of imide groups is 1. The van der Waals surface area contributed by atoms with Crippen LogP contribution in [0.3, 0.4) is 0 Å². The zero-order chi connectivity index (χ0) is 29.4. The van der Waals surface area contributed by atoms with Gasteiger partial charge >= 0.3 is 24.2 Å². The Hall–Kier alpha value is -3.55. The number of esters is 1. The van der Waals surface area contributed by atoms with Gasteiger partial charge in [0.25, 0.3) is 5.91 Å². The number of hydrazine groups is 2. The number of amides is 5. The Morgan fingerprint density at radius 1 is 0.921 bits per heavy atom. The minimum absolute atomic E-state index is 0.00116. The minimum Gasteiger partial charge on any atom is -0.466 e. The van der Waals surface area contributed by atoms with Gasteiger partial charge in [-0.2, -0.15) is 0 Å². The summed E-state index contributed by atoms with van der Waals surface area (Å²) >= 11 is 0. The molecule has 2 heterocycles. The summed E-state index contributed by atoms with van der Waals surface area (Å²) in [7, 11) is 1.14. The fraction of sp³-hybridized carbons (Fsp3) is 0.708. The molecule has 0 aromatic heterocycles. The van der Waals surface area contributed by atoms with Crippen molar-refractivity contribution in [1.82, 2.24) is 31.1 Å². The number of hydrogen-bond donors (Lipinski definition) is 3. The lowest BCUT2D eigenvalue weighted by molar-refractivity contribution is -0.146. The molecule has 2 unspecified atom stereocenters. The van der Waals surface area contributed by atoms with Crippen LogP contribution in [0.1, 0.15) is 69.2 Å². The van der Waals surface area contributed by atoms with Crippen molar-refractivity contribution in [2.75, 3.05) is 20.2 Å². The summed E-state index contributed by atoms with van der Waals surface area (Å²) < 4.78 is 15.8. The second-order valence-electron chi connectivity index (χ2n) is 11.0. The predicted octanol–water partition coefficient (Wildman–Crippen LogP) is 1.98. The molecule has 5 amide bonds. The molecule has 0 radical (unpaired) electrons. The van der Waals surface area contributed by atoms with E-state index in [0.717, 1.165) is 12.0 Å². The van der Waals surface area contributed by atoms with E-state index in [1.54, 1.807) is 55.4 Å². The fourth-order valence-corrected chi connectivity index (χ4v) is 4.77. The molecule has 0 aromatic rings. The number of carbonyl (C=O) groups excluding carboxylic acids is 5. The molecule has 214 valence electrons. The van der Waals surface area contributed by atoms with E-state index in [1.165, 1.54) is 23.8 Å². The number of likely N-dealkylation sites (N-methyl/N-ethyl adjacent to an activating group) is 2. The van der Waals surface area contributed by atoms with Crippen LogP contribution in [0.25, 0.3) is 0 Å². The quantitative estimate of drug-likeness (QED) is 0.197. The number of carbonyl (C=O) groups is 5. The third kappa shape index (κ3) is 5.08. The second-order valence-corrected chi connectivity index (χ2v) is 11.0. The number of nitrogens with zero attached hydrogens (tertiary/aromatic N) is 3. The molecule has 3 N–H and O–H groups in total. The highest BCUT2D eigenvalue weighted by Crippen LogP contribution is 2.51. The molecule has 0 saturated carbocycles. The van der Waals surface area contributed by atoms with Gasteiger partial charge in [-0.15, -0.1) is 0 Å². The summed E-state index contributed by atoms with van der Waals surface area (Å²) in [5.41, 5.74) is 1.94. The lowest BCUT2D eigenvalue weighted by atomic mass is 9.79. The highest BCUT2D eigenvalue weighted by atomic mass is 16.6. The maximum absolute atomic E-state index is 14.1. The van der Waals surface area contributed by atoms with Crippen molar-refractivity contribution in [3.8, 4) is 0 Å². The monoisotopic (exact) mass is 540 g/mol. The van der Waals surface area contributed by atoms with Gasteiger partial charge in [0.2, 0.25) is 0 Å². The Labute approximate surface area is 222 Å². The average Bonchev–Trinajstić information content (AvgIpc) is 3.10. The second kappa shape index (κ2) is 10.3. The van der Waals surface area contributed by atoms with Crippen LogP contribution in [0.5, 0.6) is 0 Å². The van der Waals surface area contributed by atoms with Gasteiger partial charge in [0.15, 0.2) is 11.2 Å². The third-order valence-corrected chi connectivity index (χ3v) is 6.06. The number of nitrogens with one attached hydrogen (secondary N) is 3. The lowest BCUT2D eigenvalue weighted by Gasteiger charge is -2.48. The number of allylic oxidation sites excluding steroid dienone is 1. The molecule has 0 aromatic carbocycles. The summed E-state index contributed by atoms with van der Waals surface area (Å²) in [5, 5.41) is 1.18. The summed E-state index contributed by atoms with van der Waals surface area (Å²) in [6.07, 6.45) is -1.81. The van der Waals surface area contributed by atoms with Crippen molar-refractivity contribution in [2.24, 2.45) is 0 Å². The van der Waals surface area contributed by atoms with E-state index in [9.17, 15) is 24.0 Å². The SMILES string of the molecule is CCN1C(=O)N(CC)C2(C1=O)C(C(=O)OC)=C(C)N(NC(=O)OC(C)(C)C)C2(C)NNC(=O)OC(C)(C)C. The zero-order valence-corrected chi connectivity index (χ0v) is 24.0. The van der Waals surface area contributed by atoms with Crippen LogP contribution in [-0.4, -0.2) is 87.5 Å². The molecule has 2 aliphatic heterocycles. The van der Waals surface area contributed by atoms with Gasteiger partial charge in [0, 0.05) is 18.8 Å². The first-order chi connectivity index (χ1) is 17.3. The predicted molar refractivity (Wildman–Crippen MR) is 135 cm³/mol. The molecule has 14 heteroatoms. The van der Waals surface area contributed by atoms with Crippen LogP contribution < -0.4 is 16.3 Å². The summed E-state index contributed by atoms with van der Waals surface area (Å²) in [6, 6.07) is -0.654. The van der Waals surface area contributed by atoms with Crippen molar-refractivity contribution in [2.45, 2.75) is 91.6 Å². The maximum Gasteiger partial charge on any atom is 0.426 e. The molecule has 2 aliphatic rings. The first-order valence-corrected chi connectivity index (χ1v) is 12.3. The summed E-state index contributed by atoms with van der Waals surface area (Å²) in [6.45, 7) is 16.2.